The molecule has 2 amide bonds. The van der Waals surface area contributed by atoms with Gasteiger partial charge in [-0.1, -0.05) is 35.9 Å². The molecule has 0 aromatic heterocycles. The number of nitrogens with zero attached hydrogens (tertiary/aromatic N) is 1. The van der Waals surface area contributed by atoms with Crippen molar-refractivity contribution in [1.82, 2.24) is 0 Å². The molecule has 0 spiro atoms. The number of halogens is 1. The lowest BCUT2D eigenvalue weighted by Gasteiger charge is -2.12. The zero-order chi connectivity index (χ0) is 24.7. The van der Waals surface area contributed by atoms with E-state index in [1.807, 2.05) is 57.2 Å². The molecule has 0 fully saturated rings. The van der Waals surface area contributed by atoms with Gasteiger partial charge >= 0.3 is 0 Å². The molecule has 3 aromatic carbocycles. The fourth-order valence-corrected chi connectivity index (χ4v) is 3.37. The Kier molecular flexibility index (Phi) is 8.07. The molecule has 3 rings (SSSR count). The van der Waals surface area contributed by atoms with Crippen LogP contribution in [0.5, 0.6) is 5.75 Å². The molecule has 7 heteroatoms. The van der Waals surface area contributed by atoms with Crippen molar-refractivity contribution in [1.29, 1.82) is 5.26 Å². The third-order valence-electron chi connectivity index (χ3n) is 4.94. The van der Waals surface area contributed by atoms with Gasteiger partial charge in [0.2, 0.25) is 0 Å². The number of hydrogen-bond donors (Lipinski definition) is 2. The Balaban J connectivity index is 1.76. The van der Waals surface area contributed by atoms with Gasteiger partial charge in [0.1, 0.15) is 17.4 Å². The molecule has 0 saturated carbocycles. The fourth-order valence-electron chi connectivity index (χ4n) is 3.19. The van der Waals surface area contributed by atoms with Gasteiger partial charge in [-0.15, -0.1) is 0 Å². The second kappa shape index (κ2) is 11.2. The molecule has 6 nitrogen and oxygen atoms in total. The number of anilines is 2. The van der Waals surface area contributed by atoms with Crippen molar-refractivity contribution in [2.75, 3.05) is 17.2 Å². The van der Waals surface area contributed by atoms with Gasteiger partial charge in [-0.3, -0.25) is 9.59 Å². The van der Waals surface area contributed by atoms with Crippen LogP contribution in [0.25, 0.3) is 6.08 Å². The van der Waals surface area contributed by atoms with Crippen molar-refractivity contribution in [2.24, 2.45) is 0 Å². The zero-order valence-corrected chi connectivity index (χ0v) is 19.9. The number of rotatable bonds is 7. The summed E-state index contributed by atoms with van der Waals surface area (Å²) in [4.78, 5) is 25.1. The highest BCUT2D eigenvalue weighted by atomic mass is 35.5. The van der Waals surface area contributed by atoms with Gasteiger partial charge in [-0.05, 0) is 79.9 Å². The monoisotopic (exact) mass is 473 g/mol. The summed E-state index contributed by atoms with van der Waals surface area (Å²) >= 11 is 6.12. The highest BCUT2D eigenvalue weighted by molar-refractivity contribution is 6.30. The van der Waals surface area contributed by atoms with Crippen LogP contribution in [0.1, 0.15) is 22.3 Å². The molecule has 0 atom stereocenters. The number of ether oxygens (including phenoxy) is 1. The maximum absolute atomic E-state index is 12.6. The summed E-state index contributed by atoms with van der Waals surface area (Å²) in [5, 5.41) is 15.5. The van der Waals surface area contributed by atoms with Crippen LogP contribution in [0, 0.1) is 32.1 Å². The molecule has 0 bridgehead atoms. The summed E-state index contributed by atoms with van der Waals surface area (Å²) in [5.41, 5.74) is 4.51. The van der Waals surface area contributed by atoms with E-state index in [2.05, 4.69) is 10.6 Å². The summed E-state index contributed by atoms with van der Waals surface area (Å²) in [6.07, 6.45) is 1.38. The van der Waals surface area contributed by atoms with Gasteiger partial charge in [0.25, 0.3) is 11.8 Å². The minimum absolute atomic E-state index is 0.131. The second-order valence-corrected chi connectivity index (χ2v) is 8.27. The smallest absolute Gasteiger partial charge is 0.266 e. The number of carbonyl (C=O) groups excluding carboxylic acids is 2. The zero-order valence-electron chi connectivity index (χ0n) is 19.1. The molecule has 0 aliphatic carbocycles. The van der Waals surface area contributed by atoms with Crippen LogP contribution in [0.2, 0.25) is 5.02 Å². The van der Waals surface area contributed by atoms with E-state index in [9.17, 15) is 14.9 Å². The van der Waals surface area contributed by atoms with Crippen molar-refractivity contribution >= 4 is 40.9 Å². The number of nitrogens with one attached hydrogen (secondary N) is 2. The Morgan fingerprint density at radius 2 is 1.76 bits per heavy atom. The van der Waals surface area contributed by atoms with Crippen molar-refractivity contribution in [2.45, 2.75) is 20.8 Å². The number of nitriles is 1. The second-order valence-electron chi connectivity index (χ2n) is 7.83. The lowest BCUT2D eigenvalue weighted by Crippen LogP contribution is -2.21. The van der Waals surface area contributed by atoms with Crippen LogP contribution in [0.4, 0.5) is 11.4 Å². The van der Waals surface area contributed by atoms with E-state index >= 15 is 0 Å². The maximum atomic E-state index is 12.6. The molecule has 172 valence electrons. The number of amides is 2. The normalized spacial score (nSPS) is 10.9. The first-order chi connectivity index (χ1) is 16.2. The molecule has 0 unspecified atom stereocenters. The van der Waals surface area contributed by atoms with Crippen LogP contribution in [-0.4, -0.2) is 18.4 Å². The Labute approximate surface area is 203 Å². The molecule has 0 aliphatic heterocycles. The Morgan fingerprint density at radius 3 is 2.50 bits per heavy atom. The highest BCUT2D eigenvalue weighted by Crippen LogP contribution is 2.26. The molecule has 0 saturated heterocycles. The molecule has 0 heterocycles. The van der Waals surface area contributed by atoms with Gasteiger partial charge in [0, 0.05) is 22.0 Å². The molecule has 34 heavy (non-hydrogen) atoms. The van der Waals surface area contributed by atoms with E-state index in [0.29, 0.717) is 27.7 Å². The summed E-state index contributed by atoms with van der Waals surface area (Å²) in [6.45, 7) is 5.50. The summed E-state index contributed by atoms with van der Waals surface area (Å²) in [5.74, 6) is -0.584. The van der Waals surface area contributed by atoms with Gasteiger partial charge in [0.05, 0.1) is 0 Å². The van der Waals surface area contributed by atoms with Crippen molar-refractivity contribution in [3.8, 4) is 11.8 Å². The third kappa shape index (κ3) is 6.71. The van der Waals surface area contributed by atoms with E-state index in [0.717, 1.165) is 16.7 Å². The van der Waals surface area contributed by atoms with Gasteiger partial charge in [-0.25, -0.2) is 0 Å². The lowest BCUT2D eigenvalue weighted by atomic mass is 10.1. The average Bonchev–Trinajstić information content (AvgIpc) is 2.79. The molecule has 0 aliphatic rings. The summed E-state index contributed by atoms with van der Waals surface area (Å²) in [6, 6.07) is 19.7. The number of hydrogen-bond acceptors (Lipinski definition) is 4. The van der Waals surface area contributed by atoms with E-state index in [4.69, 9.17) is 16.3 Å². The maximum Gasteiger partial charge on any atom is 0.266 e. The Bertz CT molecular complexity index is 1310. The summed E-state index contributed by atoms with van der Waals surface area (Å²) < 4.78 is 5.70. The predicted octanol–water partition coefficient (Wildman–Crippen LogP) is 5.83. The van der Waals surface area contributed by atoms with Crippen molar-refractivity contribution in [3.05, 3.63) is 93.5 Å². The van der Waals surface area contributed by atoms with Gasteiger partial charge in [-0.2, -0.15) is 5.26 Å². The lowest BCUT2D eigenvalue weighted by molar-refractivity contribution is -0.118. The molecular formula is C27H24ClN3O3. The first-order valence-electron chi connectivity index (χ1n) is 10.5. The minimum atomic E-state index is -0.563. The SMILES string of the molecule is Cc1cccc(NC(=O)/C(C#N)=C/c2cc(Cl)ccc2OCC(=O)Nc2cc(C)ccc2C)c1. The standard InChI is InChI=1S/C27H24ClN3O3/c1-17-5-4-6-23(11-17)30-27(33)21(15-29)13-20-14-22(28)9-10-25(20)34-16-26(32)31-24-12-18(2)7-8-19(24)3/h4-14H,16H2,1-3H3,(H,30,33)(H,31,32)/b21-13+. The van der Waals surface area contributed by atoms with Crippen LogP contribution in [0.3, 0.4) is 0 Å². The molecule has 3 aromatic rings. The fraction of sp³-hybridized carbons (Fsp3) is 0.148. The molecule has 2 N–H and O–H groups in total. The number of benzene rings is 3. The van der Waals surface area contributed by atoms with E-state index in [-0.39, 0.29) is 18.1 Å². The molecule has 0 radical (unpaired) electrons. The predicted molar refractivity (Wildman–Crippen MR) is 135 cm³/mol. The van der Waals surface area contributed by atoms with Crippen molar-refractivity contribution < 1.29 is 14.3 Å². The number of aryl methyl sites for hydroxylation is 3. The largest absolute Gasteiger partial charge is 0.483 e. The first kappa shape index (κ1) is 24.6. The van der Waals surface area contributed by atoms with Crippen LogP contribution < -0.4 is 15.4 Å². The third-order valence-corrected chi connectivity index (χ3v) is 5.17. The van der Waals surface area contributed by atoms with Crippen molar-refractivity contribution in [3.63, 3.8) is 0 Å². The number of carbonyl (C=O) groups is 2. The first-order valence-corrected chi connectivity index (χ1v) is 10.9. The Hall–Kier alpha value is -4.08. The van der Waals surface area contributed by atoms with E-state index < -0.39 is 5.91 Å². The molecular weight excluding hydrogens is 450 g/mol. The van der Waals surface area contributed by atoms with Gasteiger partial charge in [0.15, 0.2) is 6.61 Å². The topological polar surface area (TPSA) is 91.2 Å². The van der Waals surface area contributed by atoms with E-state index in [1.54, 1.807) is 30.3 Å². The summed E-state index contributed by atoms with van der Waals surface area (Å²) in [7, 11) is 0. The van der Waals surface area contributed by atoms with Crippen LogP contribution in [0.15, 0.2) is 66.2 Å². The Morgan fingerprint density at radius 1 is 1.00 bits per heavy atom. The van der Waals surface area contributed by atoms with Gasteiger partial charge < -0.3 is 15.4 Å². The quantitative estimate of drug-likeness (QED) is 0.333. The average molecular weight is 474 g/mol. The minimum Gasteiger partial charge on any atom is -0.483 e. The van der Waals surface area contributed by atoms with E-state index in [1.165, 1.54) is 6.08 Å². The highest BCUT2D eigenvalue weighted by Gasteiger charge is 2.13. The van der Waals surface area contributed by atoms with Crippen LogP contribution in [-0.2, 0) is 9.59 Å². The van der Waals surface area contributed by atoms with Crippen LogP contribution >= 0.6 is 11.6 Å².